The molecule has 1 aliphatic rings. The molecule has 1 aromatic carbocycles. The zero-order valence-corrected chi connectivity index (χ0v) is 15.2. The smallest absolute Gasteiger partial charge is 0.298 e. The number of hydrogen-bond acceptors (Lipinski definition) is 5. The van der Waals surface area contributed by atoms with Crippen molar-refractivity contribution in [2.75, 3.05) is 26.2 Å². The topological polar surface area (TPSA) is 123 Å². The largest absolute Gasteiger partial charge is 0.494 e. The lowest BCUT2D eigenvalue weighted by Gasteiger charge is -2.26. The molecule has 0 unspecified atom stereocenters. The van der Waals surface area contributed by atoms with E-state index in [0.717, 1.165) is 25.4 Å². The highest BCUT2D eigenvalue weighted by molar-refractivity contribution is 7.87. The van der Waals surface area contributed by atoms with Gasteiger partial charge in [-0.15, -0.1) is 0 Å². The minimum atomic E-state index is -3.87. The SMILES string of the molecule is NC(=NCCCOc1cccc(CN2CCCCC2)c1)NS(N)(=O)=O. The normalized spacial score (nSPS) is 16.6. The number of aliphatic imine (C=N–C) groups is 1. The maximum atomic E-state index is 10.8. The van der Waals surface area contributed by atoms with Crippen LogP contribution in [0.15, 0.2) is 29.3 Å². The van der Waals surface area contributed by atoms with E-state index in [1.807, 2.05) is 16.9 Å². The van der Waals surface area contributed by atoms with E-state index < -0.39 is 10.2 Å². The number of likely N-dealkylation sites (tertiary alicyclic amines) is 1. The minimum absolute atomic E-state index is 0.217. The molecule has 0 radical (unpaired) electrons. The predicted molar refractivity (Wildman–Crippen MR) is 98.4 cm³/mol. The Labute approximate surface area is 149 Å². The number of hydrogen-bond donors (Lipinski definition) is 3. The molecule has 25 heavy (non-hydrogen) atoms. The molecule has 140 valence electrons. The number of rotatable bonds is 8. The van der Waals surface area contributed by atoms with Gasteiger partial charge in [-0.1, -0.05) is 18.6 Å². The third-order valence-electron chi connectivity index (χ3n) is 3.85. The van der Waals surface area contributed by atoms with Gasteiger partial charge >= 0.3 is 0 Å². The van der Waals surface area contributed by atoms with E-state index in [1.54, 1.807) is 0 Å². The summed E-state index contributed by atoms with van der Waals surface area (Å²) >= 11 is 0. The predicted octanol–water partition coefficient (Wildman–Crippen LogP) is 0.549. The lowest BCUT2D eigenvalue weighted by atomic mass is 10.1. The lowest BCUT2D eigenvalue weighted by molar-refractivity contribution is 0.220. The van der Waals surface area contributed by atoms with Crippen LogP contribution in [0.1, 0.15) is 31.2 Å². The monoisotopic (exact) mass is 369 g/mol. The van der Waals surface area contributed by atoms with Crippen LogP contribution in [-0.4, -0.2) is 45.5 Å². The quantitative estimate of drug-likeness (QED) is 0.351. The highest BCUT2D eigenvalue weighted by Crippen LogP contribution is 2.17. The first kappa shape index (κ1) is 19.5. The van der Waals surface area contributed by atoms with E-state index in [9.17, 15) is 8.42 Å². The Morgan fingerprint density at radius 1 is 1.28 bits per heavy atom. The molecule has 0 amide bonds. The van der Waals surface area contributed by atoms with Crippen LogP contribution in [0, 0.1) is 0 Å². The third-order valence-corrected chi connectivity index (χ3v) is 4.35. The van der Waals surface area contributed by atoms with E-state index in [4.69, 9.17) is 15.6 Å². The molecule has 2 rings (SSSR count). The third kappa shape index (κ3) is 8.19. The fraction of sp³-hybridized carbons (Fsp3) is 0.562. The Morgan fingerprint density at radius 3 is 2.76 bits per heavy atom. The number of nitrogens with zero attached hydrogens (tertiary/aromatic N) is 2. The van der Waals surface area contributed by atoms with Crippen molar-refractivity contribution in [3.8, 4) is 5.75 Å². The summed E-state index contributed by atoms with van der Waals surface area (Å²) in [7, 11) is -3.87. The molecule has 1 fully saturated rings. The van der Waals surface area contributed by atoms with E-state index in [2.05, 4.69) is 22.0 Å². The van der Waals surface area contributed by atoms with Crippen molar-refractivity contribution in [2.45, 2.75) is 32.2 Å². The Balaban J connectivity index is 1.72. The van der Waals surface area contributed by atoms with Gasteiger partial charge in [0.15, 0.2) is 0 Å². The summed E-state index contributed by atoms with van der Waals surface area (Å²) in [6.45, 7) is 4.10. The fourth-order valence-electron chi connectivity index (χ4n) is 2.74. The van der Waals surface area contributed by atoms with Crippen LogP contribution >= 0.6 is 0 Å². The molecular weight excluding hydrogens is 342 g/mol. The summed E-state index contributed by atoms with van der Waals surface area (Å²) < 4.78 is 29.2. The first-order chi connectivity index (χ1) is 11.9. The van der Waals surface area contributed by atoms with Crippen LogP contribution in [-0.2, 0) is 16.8 Å². The molecular formula is C16H27N5O3S. The number of piperidine rings is 1. The second kappa shape index (κ2) is 9.59. The average molecular weight is 369 g/mol. The van der Waals surface area contributed by atoms with Gasteiger partial charge in [0.05, 0.1) is 6.61 Å². The van der Waals surface area contributed by atoms with Gasteiger partial charge in [-0.2, -0.15) is 8.42 Å². The average Bonchev–Trinajstić information content (AvgIpc) is 2.54. The van der Waals surface area contributed by atoms with Gasteiger partial charge in [0.25, 0.3) is 10.2 Å². The molecule has 0 bridgehead atoms. The van der Waals surface area contributed by atoms with Gasteiger partial charge in [-0.3, -0.25) is 9.89 Å². The minimum Gasteiger partial charge on any atom is -0.494 e. The lowest BCUT2D eigenvalue weighted by Crippen LogP contribution is -2.41. The molecule has 0 aromatic heterocycles. The second-order valence-electron chi connectivity index (χ2n) is 6.10. The number of nitrogens with two attached hydrogens (primary N) is 2. The molecule has 1 heterocycles. The Morgan fingerprint density at radius 2 is 2.04 bits per heavy atom. The maximum absolute atomic E-state index is 10.8. The van der Waals surface area contributed by atoms with Gasteiger partial charge in [-0.05, 0) is 43.6 Å². The second-order valence-corrected chi connectivity index (χ2v) is 7.39. The maximum Gasteiger partial charge on any atom is 0.298 e. The summed E-state index contributed by atoms with van der Waals surface area (Å²) in [5.41, 5.74) is 6.65. The molecule has 1 saturated heterocycles. The van der Waals surface area contributed by atoms with Crippen molar-refractivity contribution < 1.29 is 13.2 Å². The van der Waals surface area contributed by atoms with Crippen molar-refractivity contribution in [3.63, 3.8) is 0 Å². The first-order valence-electron chi connectivity index (χ1n) is 8.47. The number of benzene rings is 1. The van der Waals surface area contributed by atoms with E-state index >= 15 is 0 Å². The molecule has 8 nitrogen and oxygen atoms in total. The highest BCUT2D eigenvalue weighted by Gasteiger charge is 2.10. The Bertz CT molecular complexity index is 672. The van der Waals surface area contributed by atoms with Crippen molar-refractivity contribution in [1.29, 1.82) is 0 Å². The summed E-state index contributed by atoms with van der Waals surface area (Å²) in [4.78, 5) is 6.34. The molecule has 9 heteroatoms. The molecule has 1 aliphatic heterocycles. The Kier molecular flexibility index (Phi) is 7.48. The fourth-order valence-corrected chi connectivity index (χ4v) is 3.10. The van der Waals surface area contributed by atoms with Crippen molar-refractivity contribution in [3.05, 3.63) is 29.8 Å². The van der Waals surface area contributed by atoms with Crippen molar-refractivity contribution >= 4 is 16.2 Å². The van der Waals surface area contributed by atoms with E-state index in [0.29, 0.717) is 19.6 Å². The van der Waals surface area contributed by atoms with Crippen LogP contribution in [0.3, 0.4) is 0 Å². The molecule has 0 atom stereocenters. The number of ether oxygens (including phenoxy) is 1. The molecule has 5 N–H and O–H groups in total. The van der Waals surface area contributed by atoms with Crippen molar-refractivity contribution in [2.24, 2.45) is 15.9 Å². The van der Waals surface area contributed by atoms with E-state index in [1.165, 1.54) is 24.8 Å². The van der Waals surface area contributed by atoms with Gasteiger partial charge in [-0.25, -0.2) is 9.86 Å². The van der Waals surface area contributed by atoms with Gasteiger partial charge in [0.1, 0.15) is 5.75 Å². The van der Waals surface area contributed by atoms with E-state index in [-0.39, 0.29) is 5.96 Å². The standard InChI is InChI=1S/C16H27N5O3S/c17-16(20-25(18,22)23)19-8-5-11-24-15-7-4-6-14(12-15)13-21-9-2-1-3-10-21/h4,6-7,12H,1-3,5,8-11,13H2,(H3,17,19,20)(H2,18,22,23). The molecule has 0 saturated carbocycles. The van der Waals surface area contributed by atoms with Crippen LogP contribution in [0.5, 0.6) is 5.75 Å². The number of nitrogens with one attached hydrogen (secondary N) is 1. The summed E-state index contributed by atoms with van der Waals surface area (Å²) in [6.07, 6.45) is 4.50. The van der Waals surface area contributed by atoms with Crippen LogP contribution in [0.4, 0.5) is 0 Å². The molecule has 1 aromatic rings. The zero-order chi connectivity index (χ0) is 18.1. The molecule has 0 aliphatic carbocycles. The summed E-state index contributed by atoms with van der Waals surface area (Å²) in [6, 6.07) is 8.11. The summed E-state index contributed by atoms with van der Waals surface area (Å²) in [5, 5.41) is 4.80. The Hall–Kier alpha value is -1.84. The van der Waals surface area contributed by atoms with Gasteiger partial charge in [0, 0.05) is 19.5 Å². The zero-order valence-electron chi connectivity index (χ0n) is 14.4. The number of guanidine groups is 1. The van der Waals surface area contributed by atoms with Crippen molar-refractivity contribution in [1.82, 2.24) is 9.62 Å². The summed E-state index contributed by atoms with van der Waals surface area (Å²) in [5.74, 6) is 0.611. The van der Waals surface area contributed by atoms with Crippen LogP contribution in [0.2, 0.25) is 0 Å². The molecule has 0 spiro atoms. The van der Waals surface area contributed by atoms with Crippen LogP contribution in [0.25, 0.3) is 0 Å². The van der Waals surface area contributed by atoms with Gasteiger partial charge in [0.2, 0.25) is 5.96 Å². The van der Waals surface area contributed by atoms with Gasteiger partial charge < -0.3 is 10.5 Å². The first-order valence-corrected chi connectivity index (χ1v) is 10.0. The van der Waals surface area contributed by atoms with Crippen LogP contribution < -0.4 is 20.3 Å². The highest BCUT2D eigenvalue weighted by atomic mass is 32.2.